The van der Waals surface area contributed by atoms with Crippen molar-refractivity contribution in [1.82, 2.24) is 0 Å². The first-order chi connectivity index (χ1) is 5.25. The molecule has 1 unspecified atom stereocenters. The molecule has 0 aliphatic heterocycles. The van der Waals surface area contributed by atoms with Gasteiger partial charge in [-0.1, -0.05) is 0 Å². The van der Waals surface area contributed by atoms with Gasteiger partial charge in [-0.15, -0.1) is 0 Å². The van der Waals surface area contributed by atoms with Crippen LogP contribution >= 0.6 is 0 Å². The van der Waals surface area contributed by atoms with Gasteiger partial charge in [0.2, 0.25) is 0 Å². The molecule has 0 aliphatic rings. The van der Waals surface area contributed by atoms with Gasteiger partial charge in [-0.3, -0.25) is 0 Å². The van der Waals surface area contributed by atoms with Crippen molar-refractivity contribution in [2.45, 2.75) is 6.61 Å². The van der Waals surface area contributed by atoms with Gasteiger partial charge in [-0.2, -0.15) is 0 Å². The number of aliphatic hydroxyl groups is 1. The molecule has 60 valence electrons. The molecule has 0 aliphatic carbocycles. The van der Waals surface area contributed by atoms with Gasteiger partial charge in [0.1, 0.15) is 0 Å². The molecule has 1 atom stereocenters. The van der Waals surface area contributed by atoms with Crippen molar-refractivity contribution < 1.29 is 13.1 Å². The molecule has 1 aromatic carbocycles. The molecule has 0 saturated heterocycles. The third-order valence-corrected chi connectivity index (χ3v) is 2.96. The van der Waals surface area contributed by atoms with Gasteiger partial charge in [0.25, 0.3) is 0 Å². The fourth-order valence-electron chi connectivity index (χ4n) is 0.805. The third kappa shape index (κ3) is 1.94. The van der Waals surface area contributed by atoms with Crippen LogP contribution < -0.4 is 4.46 Å². The van der Waals surface area contributed by atoms with E-state index in [0.29, 0.717) is 10.0 Å². The molecule has 0 bridgehead atoms. The van der Waals surface area contributed by atoms with Crippen LogP contribution in [0.25, 0.3) is 0 Å². The van der Waals surface area contributed by atoms with Crippen LogP contribution in [0.1, 0.15) is 5.56 Å². The minimum atomic E-state index is -2.87. The number of rotatable bonds is 2. The molecule has 0 amide bonds. The van der Waals surface area contributed by atoms with Gasteiger partial charge in [-0.05, 0) is 0 Å². The van der Waals surface area contributed by atoms with E-state index in [1.165, 1.54) is 0 Å². The molecule has 0 heterocycles. The summed E-state index contributed by atoms with van der Waals surface area (Å²) in [6.07, 6.45) is 0. The number of hydrogen-bond acceptors (Lipinski definition) is 2. The summed E-state index contributed by atoms with van der Waals surface area (Å²) in [5, 5.41) is 8.74. The van der Waals surface area contributed by atoms with Crippen LogP contribution in [0.5, 0.6) is 0 Å². The van der Waals surface area contributed by atoms with E-state index in [-0.39, 0.29) is 6.61 Å². The Balaban J connectivity index is 3.12. The molecule has 0 fully saturated rings. The molecule has 0 aromatic heterocycles. The maximum atomic E-state index is 10.7. The topological polar surface area (TPSA) is 57.5 Å². The van der Waals surface area contributed by atoms with E-state index in [4.69, 9.17) is 9.30 Å². The Kier molecular flexibility index (Phi) is 2.91. The van der Waals surface area contributed by atoms with E-state index in [1.807, 2.05) is 0 Å². The summed E-state index contributed by atoms with van der Waals surface area (Å²) < 4.78 is 19.8. The average molecular weight is 219 g/mol. The van der Waals surface area contributed by atoms with Gasteiger partial charge in [-0.25, -0.2) is 0 Å². The summed E-state index contributed by atoms with van der Waals surface area (Å²) >= 11 is -2.87. The van der Waals surface area contributed by atoms with Gasteiger partial charge in [0.05, 0.1) is 0 Å². The van der Waals surface area contributed by atoms with E-state index in [1.54, 1.807) is 24.3 Å². The van der Waals surface area contributed by atoms with E-state index in [2.05, 4.69) is 0 Å². The normalized spacial score (nSPS) is 12.9. The molecule has 1 aromatic rings. The summed E-state index contributed by atoms with van der Waals surface area (Å²) in [4.78, 5) is 0. The molecule has 3 nitrogen and oxygen atoms in total. The summed E-state index contributed by atoms with van der Waals surface area (Å²) in [6, 6.07) is 6.60. The molecule has 11 heavy (non-hydrogen) atoms. The number of benzene rings is 1. The van der Waals surface area contributed by atoms with Crippen molar-refractivity contribution in [3.63, 3.8) is 0 Å². The first kappa shape index (κ1) is 8.56. The summed E-state index contributed by atoms with van der Waals surface area (Å²) in [6.45, 7) is -0.182. The second-order valence-corrected chi connectivity index (χ2v) is 3.98. The Morgan fingerprint density at radius 2 is 2.00 bits per heavy atom. The zero-order chi connectivity index (χ0) is 8.27. The molecule has 1 rings (SSSR count). The number of hydrogen-bond donors (Lipinski definition) is 2. The zero-order valence-electron chi connectivity index (χ0n) is 5.73. The third-order valence-electron chi connectivity index (χ3n) is 1.33. The molecular weight excluding hydrogens is 211 g/mol. The van der Waals surface area contributed by atoms with Gasteiger partial charge < -0.3 is 0 Å². The Morgan fingerprint density at radius 3 is 2.45 bits per heavy atom. The fourth-order valence-corrected chi connectivity index (χ4v) is 1.96. The Bertz CT molecular complexity index is 272. The van der Waals surface area contributed by atoms with Gasteiger partial charge >= 0.3 is 68.2 Å². The van der Waals surface area contributed by atoms with Crippen molar-refractivity contribution in [1.29, 1.82) is 0 Å². The van der Waals surface area contributed by atoms with E-state index in [9.17, 15) is 3.83 Å². The summed E-state index contributed by atoms with van der Waals surface area (Å²) in [5.74, 6) is 0. The second-order valence-electron chi connectivity index (χ2n) is 2.01. The van der Waals surface area contributed by atoms with Crippen LogP contribution in [0, 0.1) is 0 Å². The van der Waals surface area contributed by atoms with Crippen LogP contribution in [0.4, 0.5) is 0 Å². The minimum absolute atomic E-state index is 0.182. The van der Waals surface area contributed by atoms with Crippen molar-refractivity contribution in [3.8, 4) is 0 Å². The Morgan fingerprint density at radius 1 is 1.36 bits per heavy atom. The summed E-state index contributed by atoms with van der Waals surface area (Å²) in [7, 11) is 0. The monoisotopic (exact) mass is 220 g/mol. The van der Waals surface area contributed by atoms with Crippen molar-refractivity contribution >= 4 is 18.6 Å². The first-order valence-corrected chi connectivity index (χ1v) is 5.37. The predicted octanol–water partition coefficient (Wildman–Crippen LogP) is -0.703. The predicted molar refractivity (Wildman–Crippen MR) is 40.7 cm³/mol. The van der Waals surface area contributed by atoms with Crippen LogP contribution in [0.15, 0.2) is 24.3 Å². The molecule has 0 spiro atoms. The SMILES string of the molecule is O=[Se](O)c1ccccc1CO. The maximum absolute atomic E-state index is 10.7. The van der Waals surface area contributed by atoms with Crippen molar-refractivity contribution in [2.75, 3.05) is 0 Å². The fraction of sp³-hybridized carbons (Fsp3) is 0.143. The van der Waals surface area contributed by atoms with Crippen LogP contribution in [-0.4, -0.2) is 23.5 Å². The first-order valence-electron chi connectivity index (χ1n) is 3.05. The van der Waals surface area contributed by atoms with Crippen LogP contribution in [-0.2, 0) is 10.4 Å². The van der Waals surface area contributed by atoms with Crippen molar-refractivity contribution in [2.24, 2.45) is 0 Å². The van der Waals surface area contributed by atoms with Crippen molar-refractivity contribution in [3.05, 3.63) is 29.8 Å². The Labute approximate surface area is 68.7 Å². The van der Waals surface area contributed by atoms with Gasteiger partial charge in [0, 0.05) is 0 Å². The quantitative estimate of drug-likeness (QED) is 0.646. The molecule has 2 N–H and O–H groups in total. The average Bonchev–Trinajstić information content (AvgIpc) is 2.04. The van der Waals surface area contributed by atoms with Gasteiger partial charge in [0.15, 0.2) is 0 Å². The molecule has 0 saturated carbocycles. The van der Waals surface area contributed by atoms with E-state index in [0.717, 1.165) is 0 Å². The van der Waals surface area contributed by atoms with E-state index >= 15 is 0 Å². The second kappa shape index (κ2) is 3.74. The number of aliphatic hydroxyl groups excluding tert-OH is 1. The molecule has 4 heteroatoms. The Hall–Kier alpha value is -0.541. The molecule has 0 radical (unpaired) electrons. The zero-order valence-corrected chi connectivity index (χ0v) is 7.44. The van der Waals surface area contributed by atoms with Crippen LogP contribution in [0.2, 0.25) is 0 Å². The standard InChI is InChI=1S/C7H8O3Se/c8-5-6-3-1-2-4-7(6)11(9)10/h1-4,8H,5H2,(H,9,10). The van der Waals surface area contributed by atoms with E-state index < -0.39 is 14.2 Å². The van der Waals surface area contributed by atoms with Crippen LogP contribution in [0.3, 0.4) is 0 Å². The molecular formula is C7H8O3Se. The summed E-state index contributed by atoms with van der Waals surface area (Å²) in [5.41, 5.74) is 0.537.